The van der Waals surface area contributed by atoms with Gasteiger partial charge >= 0.3 is 59.1 Å². The summed E-state index contributed by atoms with van der Waals surface area (Å²) in [5.41, 5.74) is 10.1. The Morgan fingerprint density at radius 1 is 0.702 bits per heavy atom. The molecule has 232 valence electrons. The smallest absolute Gasteiger partial charge is 0.744 e. The molecular weight excluding hydrogens is 678 g/mol. The number of benzene rings is 2. The van der Waals surface area contributed by atoms with Crippen molar-refractivity contribution in [1.82, 2.24) is 0 Å². The molecule has 0 fully saturated rings. The van der Waals surface area contributed by atoms with Gasteiger partial charge in [-0.05, 0) is 54.6 Å². The topological polar surface area (TPSA) is 266 Å². The van der Waals surface area contributed by atoms with E-state index in [-0.39, 0.29) is 87.5 Å². The second kappa shape index (κ2) is 16.0. The number of rotatable bonds is 10. The van der Waals surface area contributed by atoms with E-state index in [1.165, 1.54) is 66.8 Å². The van der Waals surface area contributed by atoms with Gasteiger partial charge in [-0.15, -0.1) is 0 Å². The molecule has 4 N–H and O–H groups in total. The summed E-state index contributed by atoms with van der Waals surface area (Å²) in [5, 5.41) is 9.50. The Kier molecular flexibility index (Phi) is 13.5. The van der Waals surface area contributed by atoms with Gasteiger partial charge in [0.05, 0.1) is 26.7 Å². The van der Waals surface area contributed by atoms with E-state index in [0.29, 0.717) is 0 Å². The number of hydrazone groups is 2. The summed E-state index contributed by atoms with van der Waals surface area (Å²) in [5.74, 6) is -4.56. The van der Waals surface area contributed by atoms with E-state index in [1.807, 2.05) is 0 Å². The summed E-state index contributed by atoms with van der Waals surface area (Å²) in [7, 11) is -9.42. The van der Waals surface area contributed by atoms with Crippen LogP contribution in [0.25, 0.3) is 0 Å². The Bertz CT molecular complexity index is 2010. The first-order chi connectivity index (χ1) is 21.1. The molecule has 16 nitrogen and oxygen atoms in total. The van der Waals surface area contributed by atoms with Crippen LogP contribution in [0.3, 0.4) is 0 Å². The van der Waals surface area contributed by atoms with Crippen molar-refractivity contribution in [2.45, 2.75) is 9.79 Å². The molecule has 2 heterocycles. The molecule has 4 rings (SSSR count). The van der Waals surface area contributed by atoms with E-state index in [4.69, 9.17) is 11.5 Å². The summed E-state index contributed by atoms with van der Waals surface area (Å²) >= 11 is 0. The third kappa shape index (κ3) is 9.29. The number of carbonyl (C=O) groups is 4. The second-order valence-electron chi connectivity index (χ2n) is 9.04. The van der Waals surface area contributed by atoms with Gasteiger partial charge in [0.2, 0.25) is 0 Å². The van der Waals surface area contributed by atoms with Crippen LogP contribution in [0, 0.1) is 5.92 Å². The Morgan fingerprint density at radius 3 is 1.64 bits per heavy atom. The van der Waals surface area contributed by atoms with Gasteiger partial charge < -0.3 is 20.6 Å². The maximum atomic E-state index is 12.9. The third-order valence-electron chi connectivity index (χ3n) is 6.09. The number of hydrogen-bond acceptors (Lipinski definition) is 12. The Morgan fingerprint density at radius 2 is 1.17 bits per heavy atom. The molecule has 2 aliphatic rings. The van der Waals surface area contributed by atoms with E-state index in [1.54, 1.807) is 0 Å². The van der Waals surface area contributed by atoms with Crippen molar-refractivity contribution in [1.29, 1.82) is 0 Å². The molecule has 0 spiro atoms. The summed E-state index contributed by atoms with van der Waals surface area (Å²) in [6.07, 6.45) is 9.80. The van der Waals surface area contributed by atoms with Gasteiger partial charge in [-0.25, -0.2) is 16.8 Å². The first-order valence-electron chi connectivity index (χ1n) is 12.4. The normalized spacial score (nSPS) is 17.7. The van der Waals surface area contributed by atoms with Crippen LogP contribution < -0.4 is 80.6 Å². The molecule has 0 bridgehead atoms. The zero-order valence-corrected chi connectivity index (χ0v) is 30.2. The molecule has 4 amide bonds. The number of carbonyl (C=O) groups excluding carboxylic acids is 4. The molecule has 20 heteroatoms. The van der Waals surface area contributed by atoms with Crippen LogP contribution in [0.1, 0.15) is 0 Å². The van der Waals surface area contributed by atoms with Crippen LogP contribution in [0.5, 0.6) is 0 Å². The standard InChI is InChI=1S/C27H22N6O10S2.2Na/c28-24(34)22-20(26(36)32(30-22)16-8-12-18(13-9-16)44(38,39)40)6-4-2-1-3-5-7-21-23(25(29)35)31-33(27(21)37)17-10-14-19(15-11-17)45(41,42)43;;/h1-15,20H,(H2,28,34)(H2,29,35)(H,38,39,40)(H,41,42,43);;/q;2*+1/p-2/b2-1+,5-3+,6-4+,21-7-;;. The van der Waals surface area contributed by atoms with Crippen LogP contribution in [-0.2, 0) is 39.4 Å². The minimum absolute atomic E-state index is 0. The number of hydrogen-bond donors (Lipinski definition) is 2. The van der Waals surface area contributed by atoms with E-state index in [0.717, 1.165) is 34.3 Å². The largest absolute Gasteiger partial charge is 1.00 e. The van der Waals surface area contributed by atoms with Gasteiger partial charge in [0.15, 0.2) is 5.71 Å². The van der Waals surface area contributed by atoms with Gasteiger partial charge in [-0.1, -0.05) is 36.5 Å². The molecule has 0 aromatic heterocycles. The molecule has 2 aromatic rings. The van der Waals surface area contributed by atoms with Gasteiger partial charge in [0, 0.05) is 0 Å². The van der Waals surface area contributed by atoms with Crippen molar-refractivity contribution < 1.29 is 104 Å². The van der Waals surface area contributed by atoms with Crippen LogP contribution in [0.4, 0.5) is 11.4 Å². The zero-order chi connectivity index (χ0) is 33.1. The minimum atomic E-state index is -4.71. The fourth-order valence-corrected chi connectivity index (χ4v) is 4.92. The molecule has 47 heavy (non-hydrogen) atoms. The maximum absolute atomic E-state index is 12.9. The van der Waals surface area contributed by atoms with Crippen LogP contribution in [0.15, 0.2) is 117 Å². The average molecular weight is 699 g/mol. The quantitative estimate of drug-likeness (QED) is 0.103. The van der Waals surface area contributed by atoms with Crippen molar-refractivity contribution in [3.63, 3.8) is 0 Å². The number of allylic oxidation sites excluding steroid dienone is 6. The molecule has 1 unspecified atom stereocenters. The van der Waals surface area contributed by atoms with Crippen LogP contribution in [0.2, 0.25) is 0 Å². The minimum Gasteiger partial charge on any atom is -0.744 e. The predicted molar refractivity (Wildman–Crippen MR) is 156 cm³/mol. The van der Waals surface area contributed by atoms with E-state index < -0.39 is 59.6 Å². The monoisotopic (exact) mass is 698 g/mol. The maximum Gasteiger partial charge on any atom is 1.00 e. The molecule has 2 aromatic carbocycles. The van der Waals surface area contributed by atoms with Crippen LogP contribution >= 0.6 is 0 Å². The van der Waals surface area contributed by atoms with Gasteiger partial charge in [0.25, 0.3) is 23.6 Å². The Labute approximate surface area is 312 Å². The van der Waals surface area contributed by atoms with Crippen molar-refractivity contribution in [2.75, 3.05) is 10.0 Å². The fraction of sp³-hybridized carbons (Fsp3) is 0.0370. The van der Waals surface area contributed by atoms with E-state index in [2.05, 4.69) is 10.2 Å². The Balaban J connectivity index is 0.00000384. The third-order valence-corrected chi connectivity index (χ3v) is 7.79. The average Bonchev–Trinajstić information content (AvgIpc) is 3.48. The van der Waals surface area contributed by atoms with E-state index in [9.17, 15) is 45.1 Å². The molecular formula is C27H20N6Na2O10S2. The number of nitrogens with two attached hydrogens (primary N) is 2. The molecule has 1 atom stereocenters. The number of nitrogens with zero attached hydrogens (tertiary/aromatic N) is 4. The van der Waals surface area contributed by atoms with Gasteiger partial charge in [-0.2, -0.15) is 20.2 Å². The predicted octanol–water partition coefficient (Wildman–Crippen LogP) is -6.21. The van der Waals surface area contributed by atoms with Crippen molar-refractivity contribution in [2.24, 2.45) is 27.6 Å². The Hall–Kier alpha value is -3.56. The zero-order valence-electron chi connectivity index (χ0n) is 24.6. The van der Waals surface area contributed by atoms with E-state index >= 15 is 0 Å². The molecule has 0 saturated carbocycles. The SMILES string of the molecule is NC(=O)C1=NN(c2ccc(S(=O)(=O)[O-])cc2)C(=O)\C1=C/C=C/C=C/C=C/C1C(=O)N(c2ccc(S(=O)(=O)[O-])cc2)N=C1C(N)=O.[Na+].[Na+]. The summed E-state index contributed by atoms with van der Waals surface area (Å²) < 4.78 is 66.9. The summed E-state index contributed by atoms with van der Waals surface area (Å²) in [6.45, 7) is 0. The molecule has 0 radical (unpaired) electrons. The summed E-state index contributed by atoms with van der Waals surface area (Å²) in [6, 6.07) is 8.65. The van der Waals surface area contributed by atoms with Gasteiger partial charge in [-0.3, -0.25) is 19.2 Å². The molecule has 0 aliphatic carbocycles. The fourth-order valence-electron chi connectivity index (χ4n) is 3.98. The molecule has 0 saturated heterocycles. The second-order valence-corrected chi connectivity index (χ2v) is 11.8. The van der Waals surface area contributed by atoms with Gasteiger partial charge in [0.1, 0.15) is 31.9 Å². The number of anilines is 2. The number of amides is 4. The molecule has 2 aliphatic heterocycles. The first kappa shape index (κ1) is 39.6. The van der Waals surface area contributed by atoms with Crippen molar-refractivity contribution in [3.05, 3.63) is 96.6 Å². The van der Waals surface area contributed by atoms with Crippen molar-refractivity contribution >= 4 is 66.7 Å². The summed E-state index contributed by atoms with van der Waals surface area (Å²) in [4.78, 5) is 48.6. The first-order valence-corrected chi connectivity index (χ1v) is 15.2. The van der Waals surface area contributed by atoms with Crippen molar-refractivity contribution in [3.8, 4) is 0 Å². The van der Waals surface area contributed by atoms with Crippen LogP contribution in [-0.4, -0.2) is 61.0 Å². The number of primary amides is 2.